The molecule has 0 spiro atoms. The number of halogens is 1. The van der Waals surface area contributed by atoms with Gasteiger partial charge in [-0.05, 0) is 19.4 Å². The number of rotatable bonds is 2. The van der Waals surface area contributed by atoms with Crippen LogP contribution in [0, 0.1) is 11.7 Å². The van der Waals surface area contributed by atoms with Gasteiger partial charge in [-0.1, -0.05) is 0 Å². The van der Waals surface area contributed by atoms with Crippen molar-refractivity contribution < 1.29 is 18.8 Å². The number of H-pyrrole nitrogens is 1. The van der Waals surface area contributed by atoms with Crippen LogP contribution in [0.3, 0.4) is 0 Å². The second kappa shape index (κ2) is 5.59. The number of aromatic nitrogens is 2. The Bertz CT molecular complexity index is 1190. The second-order valence-corrected chi connectivity index (χ2v) is 7.29. The van der Waals surface area contributed by atoms with E-state index in [9.17, 15) is 14.7 Å². The largest absolute Gasteiger partial charge is 0.487 e. The predicted molar refractivity (Wildman–Crippen MR) is 96.2 cm³/mol. The highest BCUT2D eigenvalue weighted by Gasteiger charge is 2.33. The molecule has 0 amide bonds. The molecule has 9 heteroatoms. The van der Waals surface area contributed by atoms with E-state index in [1.807, 2.05) is 11.8 Å². The van der Waals surface area contributed by atoms with Crippen molar-refractivity contribution in [2.75, 3.05) is 31.2 Å². The number of hydrogen-bond donors (Lipinski definition) is 2. The van der Waals surface area contributed by atoms with Crippen molar-refractivity contribution in [2.24, 2.45) is 5.92 Å². The van der Waals surface area contributed by atoms with Crippen LogP contribution in [-0.4, -0.2) is 41.1 Å². The van der Waals surface area contributed by atoms with Crippen LogP contribution in [0.1, 0.15) is 19.4 Å². The molecule has 142 valence electrons. The van der Waals surface area contributed by atoms with Crippen LogP contribution >= 0.6 is 0 Å². The van der Waals surface area contributed by atoms with Crippen molar-refractivity contribution in [3.8, 4) is 5.75 Å². The third kappa shape index (κ3) is 2.11. The van der Waals surface area contributed by atoms with E-state index < -0.39 is 16.8 Å². The van der Waals surface area contributed by atoms with Gasteiger partial charge in [-0.25, -0.2) is 4.39 Å². The lowest BCUT2D eigenvalue weighted by Crippen LogP contribution is -2.28. The van der Waals surface area contributed by atoms with Gasteiger partial charge in [-0.3, -0.25) is 14.2 Å². The van der Waals surface area contributed by atoms with Gasteiger partial charge in [0.25, 0.3) is 5.56 Å². The number of nitrogens with one attached hydrogen (secondary N) is 1. The smallest absolute Gasteiger partial charge is 0.293 e. The Morgan fingerprint density at radius 2 is 2.22 bits per heavy atom. The Morgan fingerprint density at radius 3 is 2.96 bits per heavy atom. The minimum Gasteiger partial charge on any atom is -0.487 e. The first-order chi connectivity index (χ1) is 13.0. The Kier molecular flexibility index (Phi) is 3.39. The summed E-state index contributed by atoms with van der Waals surface area (Å²) in [7, 11) is 0. The number of aliphatic hydroxyl groups excluding tert-OH is 1. The molecule has 2 aromatic heterocycles. The van der Waals surface area contributed by atoms with Crippen LogP contribution in [0.4, 0.5) is 10.1 Å². The first-order valence-electron chi connectivity index (χ1n) is 8.91. The zero-order chi connectivity index (χ0) is 18.9. The first kappa shape index (κ1) is 16.4. The average molecular weight is 375 g/mol. The molecule has 27 heavy (non-hydrogen) atoms. The number of anilines is 1. The molecule has 0 saturated carbocycles. The van der Waals surface area contributed by atoms with Gasteiger partial charge in [0, 0.05) is 25.6 Å². The third-order valence-electron chi connectivity index (χ3n) is 5.57. The van der Waals surface area contributed by atoms with Crippen molar-refractivity contribution in [2.45, 2.75) is 19.4 Å². The summed E-state index contributed by atoms with van der Waals surface area (Å²) in [6.07, 6.45) is 0.752. The Morgan fingerprint density at radius 1 is 1.41 bits per heavy atom. The van der Waals surface area contributed by atoms with Gasteiger partial charge in [0.05, 0.1) is 11.4 Å². The standard InChI is InChI=1S/C18H18FN3O5/c1-8-7-26-16-13-10(15(24)12-17(25)20-27-18(12)22(8)13)4-11(19)14(16)21-3-2-9(5-21)6-23/h4,8-9,23H,2-3,5-7H2,1H3,(H,20,25). The Balaban J connectivity index is 1.89. The molecule has 2 atom stereocenters. The lowest BCUT2D eigenvalue weighted by atomic mass is 10.1. The highest BCUT2D eigenvalue weighted by Crippen LogP contribution is 2.44. The summed E-state index contributed by atoms with van der Waals surface area (Å²) in [4.78, 5) is 26.7. The molecule has 1 aromatic carbocycles. The van der Waals surface area contributed by atoms with Crippen molar-refractivity contribution in [1.82, 2.24) is 9.72 Å². The van der Waals surface area contributed by atoms with Gasteiger partial charge in [0.15, 0.2) is 17.0 Å². The van der Waals surface area contributed by atoms with Crippen molar-refractivity contribution >= 4 is 27.7 Å². The van der Waals surface area contributed by atoms with E-state index in [1.54, 1.807) is 4.57 Å². The van der Waals surface area contributed by atoms with Crippen LogP contribution in [0.5, 0.6) is 5.75 Å². The monoisotopic (exact) mass is 375 g/mol. The van der Waals surface area contributed by atoms with E-state index in [0.717, 1.165) is 6.42 Å². The minimum absolute atomic E-state index is 0.0404. The second-order valence-electron chi connectivity index (χ2n) is 7.29. The zero-order valence-corrected chi connectivity index (χ0v) is 14.6. The molecule has 1 fully saturated rings. The molecule has 2 aliphatic rings. The highest BCUT2D eigenvalue weighted by atomic mass is 19.1. The third-order valence-corrected chi connectivity index (χ3v) is 5.57. The summed E-state index contributed by atoms with van der Waals surface area (Å²) in [6.45, 7) is 3.27. The van der Waals surface area contributed by atoms with Crippen molar-refractivity contribution in [1.29, 1.82) is 0 Å². The molecule has 2 N–H and O–H groups in total. The Hall–Kier alpha value is -2.81. The van der Waals surface area contributed by atoms with Gasteiger partial charge in [0.1, 0.15) is 17.8 Å². The molecule has 0 bridgehead atoms. The van der Waals surface area contributed by atoms with Gasteiger partial charge in [-0.15, -0.1) is 0 Å². The highest BCUT2D eigenvalue weighted by molar-refractivity contribution is 5.98. The van der Waals surface area contributed by atoms with E-state index >= 15 is 4.39 Å². The fraction of sp³-hybridized carbons (Fsp3) is 0.444. The van der Waals surface area contributed by atoms with Crippen molar-refractivity contribution in [3.63, 3.8) is 0 Å². The molecule has 5 rings (SSSR count). The number of pyridine rings is 1. The summed E-state index contributed by atoms with van der Waals surface area (Å²) < 4.78 is 28.0. The van der Waals surface area contributed by atoms with Crippen LogP contribution < -0.4 is 20.6 Å². The zero-order valence-electron chi connectivity index (χ0n) is 14.6. The number of fused-ring (bicyclic) bond motifs is 2. The molecule has 2 unspecified atom stereocenters. The number of benzene rings is 1. The molecule has 1 saturated heterocycles. The molecule has 3 aromatic rings. The fourth-order valence-corrected chi connectivity index (χ4v) is 4.23. The first-order valence-corrected chi connectivity index (χ1v) is 8.91. The van der Waals surface area contributed by atoms with Crippen molar-refractivity contribution in [3.05, 3.63) is 32.5 Å². The minimum atomic E-state index is -0.629. The lowest BCUT2D eigenvalue weighted by molar-refractivity contribution is 0.237. The van der Waals surface area contributed by atoms with Crippen LogP contribution in [0.2, 0.25) is 0 Å². The normalized spacial score (nSPS) is 22.0. The van der Waals surface area contributed by atoms with Gasteiger partial charge in [0.2, 0.25) is 11.1 Å². The summed E-state index contributed by atoms with van der Waals surface area (Å²) in [6, 6.07) is 0.969. The van der Waals surface area contributed by atoms with Crippen LogP contribution in [-0.2, 0) is 0 Å². The lowest BCUT2D eigenvalue weighted by Gasteiger charge is -2.30. The molecule has 4 heterocycles. The summed E-state index contributed by atoms with van der Waals surface area (Å²) in [5.41, 5.74) is -0.351. The van der Waals surface area contributed by atoms with E-state index in [4.69, 9.17) is 9.26 Å². The molecule has 8 nitrogen and oxygen atoms in total. The number of hydrogen-bond acceptors (Lipinski definition) is 6. The molecule has 0 aliphatic carbocycles. The number of aromatic amines is 1. The number of aliphatic hydroxyl groups is 1. The fourth-order valence-electron chi connectivity index (χ4n) is 4.23. The maximum atomic E-state index is 15.1. The maximum absolute atomic E-state index is 15.1. The van der Waals surface area contributed by atoms with Gasteiger partial charge >= 0.3 is 0 Å². The van der Waals surface area contributed by atoms with Gasteiger partial charge < -0.3 is 19.3 Å². The van der Waals surface area contributed by atoms with Gasteiger partial charge in [-0.2, -0.15) is 5.16 Å². The Labute approximate surface area is 151 Å². The summed E-state index contributed by atoms with van der Waals surface area (Å²) in [5.74, 6) is -0.222. The quantitative estimate of drug-likeness (QED) is 0.701. The average Bonchev–Trinajstić information content (AvgIpc) is 3.27. The number of nitrogens with zero attached hydrogens (tertiary/aromatic N) is 2. The van der Waals surface area contributed by atoms with E-state index in [-0.39, 0.29) is 53.1 Å². The van der Waals surface area contributed by atoms with Crippen LogP contribution in [0.25, 0.3) is 22.0 Å². The molecular weight excluding hydrogens is 357 g/mol. The molecular formula is C18H18FN3O5. The topological polar surface area (TPSA) is 101 Å². The molecule has 0 radical (unpaired) electrons. The number of ether oxygens (including phenoxy) is 1. The summed E-state index contributed by atoms with van der Waals surface area (Å²) in [5, 5.41) is 11.6. The summed E-state index contributed by atoms with van der Waals surface area (Å²) >= 11 is 0. The molecule has 2 aliphatic heterocycles. The predicted octanol–water partition coefficient (Wildman–Crippen LogP) is 1.35. The SMILES string of the molecule is CC1COc2c(N3CCC(CO)C3)c(F)cc3c(=O)c4c(=O)[nH]oc4n1c23. The van der Waals surface area contributed by atoms with E-state index in [2.05, 4.69) is 5.16 Å². The van der Waals surface area contributed by atoms with E-state index in [1.165, 1.54) is 6.07 Å². The maximum Gasteiger partial charge on any atom is 0.293 e. The van der Waals surface area contributed by atoms with Crippen LogP contribution in [0.15, 0.2) is 20.2 Å². The van der Waals surface area contributed by atoms with E-state index in [0.29, 0.717) is 18.6 Å².